The van der Waals surface area contributed by atoms with Crippen LogP contribution in [0.3, 0.4) is 0 Å². The van der Waals surface area contributed by atoms with Gasteiger partial charge in [-0.05, 0) is 62.8 Å². The molecular formula is C20H31BrN4O2. The number of nitrogens with zero attached hydrogens (tertiary/aromatic N) is 1. The molecule has 0 spiro atoms. The summed E-state index contributed by atoms with van der Waals surface area (Å²) in [6.07, 6.45) is 4.43. The zero-order valence-electron chi connectivity index (χ0n) is 16.1. The summed E-state index contributed by atoms with van der Waals surface area (Å²) >= 11 is 3.37. The van der Waals surface area contributed by atoms with Gasteiger partial charge >= 0.3 is 0 Å². The Morgan fingerprint density at radius 3 is 2.59 bits per heavy atom. The van der Waals surface area contributed by atoms with Crippen molar-refractivity contribution in [1.29, 1.82) is 0 Å². The number of hydrogen-bond acceptors (Lipinski definition) is 3. The van der Waals surface area contributed by atoms with Crippen LogP contribution >= 0.6 is 15.9 Å². The molecule has 1 aliphatic carbocycles. The van der Waals surface area contributed by atoms with Gasteiger partial charge in [-0.3, -0.25) is 9.79 Å². The zero-order chi connectivity index (χ0) is 19.3. The molecule has 7 heteroatoms. The van der Waals surface area contributed by atoms with Gasteiger partial charge in [-0.1, -0.05) is 15.9 Å². The van der Waals surface area contributed by atoms with Crippen LogP contribution in [0.1, 0.15) is 43.0 Å². The molecule has 0 saturated heterocycles. The van der Waals surface area contributed by atoms with Crippen LogP contribution in [-0.4, -0.2) is 51.3 Å². The number of aliphatic imine (C=N–C) groups is 1. The Bertz CT molecular complexity index is 588. The molecule has 1 amide bonds. The van der Waals surface area contributed by atoms with Crippen LogP contribution in [-0.2, 0) is 4.74 Å². The third-order valence-corrected chi connectivity index (χ3v) is 4.68. The van der Waals surface area contributed by atoms with Gasteiger partial charge < -0.3 is 20.7 Å². The van der Waals surface area contributed by atoms with Gasteiger partial charge in [0.25, 0.3) is 5.91 Å². The molecule has 0 atom stereocenters. The maximum absolute atomic E-state index is 12.0. The van der Waals surface area contributed by atoms with E-state index in [1.54, 1.807) is 12.1 Å². The van der Waals surface area contributed by atoms with Crippen LogP contribution in [0.4, 0.5) is 0 Å². The molecule has 2 rings (SSSR count). The number of carbonyl (C=O) groups is 1. The number of carbonyl (C=O) groups excluding carboxylic acids is 1. The molecule has 1 saturated carbocycles. The first-order valence-corrected chi connectivity index (χ1v) is 10.6. The lowest BCUT2D eigenvalue weighted by Crippen LogP contribution is -2.38. The normalized spacial score (nSPS) is 14.1. The zero-order valence-corrected chi connectivity index (χ0v) is 17.7. The Hall–Kier alpha value is -1.60. The van der Waals surface area contributed by atoms with Crippen molar-refractivity contribution < 1.29 is 9.53 Å². The lowest BCUT2D eigenvalue weighted by molar-refractivity contribution is 0.0953. The summed E-state index contributed by atoms with van der Waals surface area (Å²) < 4.78 is 6.60. The second kappa shape index (κ2) is 12.7. The van der Waals surface area contributed by atoms with Crippen LogP contribution in [0.15, 0.2) is 33.7 Å². The van der Waals surface area contributed by atoms with Gasteiger partial charge in [0.15, 0.2) is 5.96 Å². The number of hydrogen-bond donors (Lipinski definition) is 3. The fourth-order valence-electron chi connectivity index (χ4n) is 2.43. The molecule has 0 unspecified atom stereocenters. The molecule has 0 bridgehead atoms. The molecule has 0 aromatic heterocycles. The number of halogens is 1. The minimum absolute atomic E-state index is 0.0530. The molecule has 6 nitrogen and oxygen atoms in total. The third kappa shape index (κ3) is 9.77. The molecule has 150 valence electrons. The summed E-state index contributed by atoms with van der Waals surface area (Å²) in [5.74, 6) is 1.59. The number of nitrogens with one attached hydrogen (secondary N) is 3. The Balaban J connectivity index is 1.56. The van der Waals surface area contributed by atoms with E-state index in [2.05, 4.69) is 36.9 Å². The fourth-order valence-corrected chi connectivity index (χ4v) is 2.70. The second-order valence-electron chi connectivity index (χ2n) is 6.68. The van der Waals surface area contributed by atoms with Crippen LogP contribution in [0.25, 0.3) is 0 Å². The predicted molar refractivity (Wildman–Crippen MR) is 113 cm³/mol. The lowest BCUT2D eigenvalue weighted by atomic mass is 10.2. The highest BCUT2D eigenvalue weighted by atomic mass is 79.9. The number of ether oxygens (including phenoxy) is 1. The molecule has 3 N–H and O–H groups in total. The number of guanidine groups is 1. The van der Waals surface area contributed by atoms with Crippen LogP contribution in [0, 0.1) is 5.92 Å². The number of rotatable bonds is 12. The van der Waals surface area contributed by atoms with Crippen molar-refractivity contribution >= 4 is 27.8 Å². The van der Waals surface area contributed by atoms with E-state index in [0.29, 0.717) is 18.7 Å². The van der Waals surface area contributed by atoms with Crippen molar-refractivity contribution in [1.82, 2.24) is 16.0 Å². The quantitative estimate of drug-likeness (QED) is 0.266. The summed E-state index contributed by atoms with van der Waals surface area (Å²) in [6.45, 7) is 6.70. The van der Waals surface area contributed by atoms with E-state index < -0.39 is 0 Å². The van der Waals surface area contributed by atoms with Gasteiger partial charge in [-0.2, -0.15) is 0 Å². The van der Waals surface area contributed by atoms with Gasteiger partial charge in [0.05, 0.1) is 0 Å². The van der Waals surface area contributed by atoms with Crippen molar-refractivity contribution in [2.45, 2.75) is 32.6 Å². The van der Waals surface area contributed by atoms with Crippen LogP contribution < -0.4 is 16.0 Å². The largest absolute Gasteiger partial charge is 0.381 e. The topological polar surface area (TPSA) is 74.8 Å². The van der Waals surface area contributed by atoms with E-state index in [-0.39, 0.29) is 5.91 Å². The Kier molecular flexibility index (Phi) is 10.2. The SMILES string of the molecule is CCNC(=NCCCNC(=O)c1ccc(Br)cc1)NCCCOCC1CC1. The third-order valence-electron chi connectivity index (χ3n) is 4.15. The minimum atomic E-state index is -0.0530. The monoisotopic (exact) mass is 438 g/mol. The summed E-state index contributed by atoms with van der Waals surface area (Å²) in [5.41, 5.74) is 0.667. The van der Waals surface area contributed by atoms with Gasteiger partial charge in [0.1, 0.15) is 0 Å². The Morgan fingerprint density at radius 2 is 1.89 bits per heavy atom. The summed E-state index contributed by atoms with van der Waals surface area (Å²) in [6, 6.07) is 7.34. The van der Waals surface area contributed by atoms with E-state index in [9.17, 15) is 4.79 Å². The first kappa shape index (κ1) is 21.7. The average molecular weight is 439 g/mol. The minimum Gasteiger partial charge on any atom is -0.381 e. The van der Waals surface area contributed by atoms with Gasteiger partial charge in [-0.25, -0.2) is 0 Å². The predicted octanol–water partition coefficient (Wildman–Crippen LogP) is 2.94. The first-order valence-electron chi connectivity index (χ1n) is 9.82. The highest BCUT2D eigenvalue weighted by Crippen LogP contribution is 2.28. The molecule has 1 fully saturated rings. The average Bonchev–Trinajstić information content (AvgIpc) is 3.49. The first-order chi connectivity index (χ1) is 13.2. The van der Waals surface area contributed by atoms with Crippen LogP contribution in [0.2, 0.25) is 0 Å². The van der Waals surface area contributed by atoms with E-state index >= 15 is 0 Å². The standard InChI is InChI=1S/C20H31BrN4O2/c1-2-22-20(25-13-4-14-27-15-16-5-6-16)24-12-3-11-23-19(26)17-7-9-18(21)10-8-17/h7-10,16H,2-6,11-15H2,1H3,(H,23,26)(H2,22,24,25). The van der Waals surface area contributed by atoms with E-state index in [4.69, 9.17) is 4.74 Å². The molecule has 1 aromatic carbocycles. The fraction of sp³-hybridized carbons (Fsp3) is 0.600. The lowest BCUT2D eigenvalue weighted by Gasteiger charge is -2.11. The second-order valence-corrected chi connectivity index (χ2v) is 7.59. The van der Waals surface area contributed by atoms with Gasteiger partial charge in [0, 0.05) is 49.4 Å². The highest BCUT2D eigenvalue weighted by Gasteiger charge is 2.20. The van der Waals surface area contributed by atoms with Crippen molar-refractivity contribution in [3.05, 3.63) is 34.3 Å². The van der Waals surface area contributed by atoms with E-state index in [0.717, 1.165) is 55.5 Å². The van der Waals surface area contributed by atoms with Crippen molar-refractivity contribution in [3.8, 4) is 0 Å². The van der Waals surface area contributed by atoms with E-state index in [1.165, 1.54) is 12.8 Å². The highest BCUT2D eigenvalue weighted by molar-refractivity contribution is 9.10. The summed E-state index contributed by atoms with van der Waals surface area (Å²) in [4.78, 5) is 16.6. The van der Waals surface area contributed by atoms with Crippen molar-refractivity contribution in [2.75, 3.05) is 39.4 Å². The van der Waals surface area contributed by atoms with Gasteiger partial charge in [-0.15, -0.1) is 0 Å². The molecule has 0 aliphatic heterocycles. The Morgan fingerprint density at radius 1 is 1.15 bits per heavy atom. The maximum atomic E-state index is 12.0. The molecule has 0 radical (unpaired) electrons. The number of amides is 1. The maximum Gasteiger partial charge on any atom is 0.251 e. The van der Waals surface area contributed by atoms with Gasteiger partial charge in [0.2, 0.25) is 0 Å². The molecule has 0 heterocycles. The molecular weight excluding hydrogens is 408 g/mol. The number of benzene rings is 1. The van der Waals surface area contributed by atoms with E-state index in [1.807, 2.05) is 19.1 Å². The molecule has 1 aromatic rings. The smallest absolute Gasteiger partial charge is 0.251 e. The van der Waals surface area contributed by atoms with Crippen molar-refractivity contribution in [3.63, 3.8) is 0 Å². The summed E-state index contributed by atoms with van der Waals surface area (Å²) in [5, 5.41) is 9.48. The van der Waals surface area contributed by atoms with Crippen molar-refractivity contribution in [2.24, 2.45) is 10.9 Å². The molecule has 27 heavy (non-hydrogen) atoms. The summed E-state index contributed by atoms with van der Waals surface area (Å²) in [7, 11) is 0. The molecule has 1 aliphatic rings. The Labute approximate surface area is 170 Å². The van der Waals surface area contributed by atoms with Crippen LogP contribution in [0.5, 0.6) is 0 Å².